The second kappa shape index (κ2) is 5.53. The number of hydrogen-bond acceptors (Lipinski definition) is 6. The average molecular weight is 317 g/mol. The minimum atomic E-state index is -0.463. The van der Waals surface area contributed by atoms with Crippen LogP contribution in [0.5, 0.6) is 0 Å². The number of carbonyl (C=O) groups is 1. The van der Waals surface area contributed by atoms with Crippen LogP contribution in [-0.4, -0.2) is 25.6 Å². The molecular weight excluding hydrogens is 306 g/mol. The van der Waals surface area contributed by atoms with E-state index in [1.54, 1.807) is 23.0 Å². The molecule has 0 aliphatic carbocycles. The molecule has 8 nitrogen and oxygen atoms in total. The van der Waals surface area contributed by atoms with Crippen LogP contribution in [-0.2, 0) is 6.54 Å². The Bertz CT molecular complexity index is 870. The number of nitro benzene ring substituents is 1. The summed E-state index contributed by atoms with van der Waals surface area (Å²) in [7, 11) is 0. The Hall–Kier alpha value is -2.81. The highest BCUT2D eigenvalue weighted by molar-refractivity contribution is 7.22. The van der Waals surface area contributed by atoms with Crippen molar-refractivity contribution in [2.45, 2.75) is 13.5 Å². The second-order valence-corrected chi connectivity index (χ2v) is 5.47. The first kappa shape index (κ1) is 14.1. The highest BCUT2D eigenvalue weighted by Crippen LogP contribution is 2.29. The van der Waals surface area contributed by atoms with Gasteiger partial charge >= 0.3 is 0 Å². The fourth-order valence-corrected chi connectivity index (χ4v) is 2.79. The molecule has 0 unspecified atom stereocenters. The van der Waals surface area contributed by atoms with Gasteiger partial charge in [0.25, 0.3) is 11.6 Å². The van der Waals surface area contributed by atoms with E-state index in [9.17, 15) is 14.9 Å². The molecule has 1 aromatic carbocycles. The van der Waals surface area contributed by atoms with Gasteiger partial charge in [-0.25, -0.2) is 4.98 Å². The first-order valence-corrected chi connectivity index (χ1v) is 7.28. The van der Waals surface area contributed by atoms with E-state index in [-0.39, 0.29) is 11.6 Å². The predicted molar refractivity (Wildman–Crippen MR) is 82.1 cm³/mol. The fraction of sp³-hybridized carbons (Fsp3) is 0.154. The Morgan fingerprint density at radius 3 is 2.95 bits per heavy atom. The molecule has 3 rings (SSSR count). The lowest BCUT2D eigenvalue weighted by Crippen LogP contribution is -2.13. The van der Waals surface area contributed by atoms with Gasteiger partial charge in [-0.1, -0.05) is 11.3 Å². The largest absolute Gasteiger partial charge is 0.296 e. The maximum atomic E-state index is 12.1. The number of hydrogen-bond donors (Lipinski definition) is 1. The Labute approximate surface area is 128 Å². The predicted octanol–water partition coefficient (Wildman–Crippen LogP) is 2.67. The number of carbonyl (C=O) groups excluding carboxylic acids is 1. The number of aromatic nitrogens is 3. The highest BCUT2D eigenvalue weighted by atomic mass is 32.1. The monoisotopic (exact) mass is 317 g/mol. The lowest BCUT2D eigenvalue weighted by atomic mass is 10.3. The number of rotatable bonds is 4. The van der Waals surface area contributed by atoms with Crippen LogP contribution in [0.2, 0.25) is 0 Å². The van der Waals surface area contributed by atoms with E-state index in [1.165, 1.54) is 23.5 Å². The molecule has 9 heteroatoms. The minimum absolute atomic E-state index is 0.00397. The third-order valence-corrected chi connectivity index (χ3v) is 3.93. The zero-order chi connectivity index (χ0) is 15.7. The summed E-state index contributed by atoms with van der Waals surface area (Å²) in [4.78, 5) is 26.6. The summed E-state index contributed by atoms with van der Waals surface area (Å²) in [5.74, 6) is -0.360. The van der Waals surface area contributed by atoms with Gasteiger partial charge in [0.05, 0.1) is 15.1 Å². The SMILES string of the molecule is CCn1ccc(C(=O)Nc2nc3ccc([N+](=O)[O-])cc3s2)n1. The van der Waals surface area contributed by atoms with Crippen LogP contribution in [0, 0.1) is 10.1 Å². The van der Waals surface area contributed by atoms with Crippen molar-refractivity contribution in [2.24, 2.45) is 0 Å². The van der Waals surface area contributed by atoms with Crippen LogP contribution in [0.1, 0.15) is 17.4 Å². The number of benzene rings is 1. The van der Waals surface area contributed by atoms with Gasteiger partial charge in [0.1, 0.15) is 0 Å². The summed E-state index contributed by atoms with van der Waals surface area (Å²) >= 11 is 1.18. The lowest BCUT2D eigenvalue weighted by Gasteiger charge is -1.97. The molecule has 0 saturated heterocycles. The number of non-ortho nitro benzene ring substituents is 1. The fourth-order valence-electron chi connectivity index (χ4n) is 1.90. The van der Waals surface area contributed by atoms with Crippen LogP contribution in [0.25, 0.3) is 10.2 Å². The van der Waals surface area contributed by atoms with Crippen molar-refractivity contribution in [3.05, 3.63) is 46.3 Å². The van der Waals surface area contributed by atoms with E-state index in [2.05, 4.69) is 15.4 Å². The van der Waals surface area contributed by atoms with Gasteiger partial charge in [0.15, 0.2) is 10.8 Å². The molecule has 1 amide bonds. The van der Waals surface area contributed by atoms with Crippen molar-refractivity contribution in [2.75, 3.05) is 5.32 Å². The first-order valence-electron chi connectivity index (χ1n) is 6.46. The van der Waals surface area contributed by atoms with Crippen LogP contribution in [0.15, 0.2) is 30.5 Å². The molecule has 0 spiro atoms. The Balaban J connectivity index is 1.84. The molecule has 3 aromatic rings. The van der Waals surface area contributed by atoms with Crippen molar-refractivity contribution in [1.82, 2.24) is 14.8 Å². The summed E-state index contributed by atoms with van der Waals surface area (Å²) in [5.41, 5.74) is 0.896. The topological polar surface area (TPSA) is 103 Å². The molecule has 0 atom stereocenters. The number of nitrogens with one attached hydrogen (secondary N) is 1. The normalized spacial score (nSPS) is 10.8. The van der Waals surface area contributed by atoms with Gasteiger partial charge in [-0.3, -0.25) is 24.9 Å². The molecule has 0 aliphatic heterocycles. The number of fused-ring (bicyclic) bond motifs is 1. The summed E-state index contributed by atoms with van der Waals surface area (Å²) in [6, 6.07) is 6.01. The van der Waals surface area contributed by atoms with E-state index in [4.69, 9.17) is 0 Å². The summed E-state index contributed by atoms with van der Waals surface area (Å²) in [6.07, 6.45) is 1.72. The van der Waals surface area contributed by atoms with Crippen LogP contribution in [0.4, 0.5) is 10.8 Å². The molecule has 2 heterocycles. The number of anilines is 1. The number of nitrogens with zero attached hydrogens (tertiary/aromatic N) is 4. The molecule has 0 fully saturated rings. The highest BCUT2D eigenvalue weighted by Gasteiger charge is 2.14. The number of aryl methyl sites for hydroxylation is 1. The third kappa shape index (κ3) is 2.66. The lowest BCUT2D eigenvalue weighted by molar-refractivity contribution is -0.384. The van der Waals surface area contributed by atoms with E-state index >= 15 is 0 Å². The van der Waals surface area contributed by atoms with E-state index in [0.717, 1.165) is 0 Å². The first-order chi connectivity index (χ1) is 10.6. The number of nitro groups is 1. The molecule has 22 heavy (non-hydrogen) atoms. The molecule has 0 aliphatic rings. The quantitative estimate of drug-likeness (QED) is 0.588. The smallest absolute Gasteiger partial charge is 0.277 e. The maximum Gasteiger partial charge on any atom is 0.277 e. The van der Waals surface area contributed by atoms with Crippen LogP contribution < -0.4 is 5.32 Å². The number of thiazole rings is 1. The zero-order valence-electron chi connectivity index (χ0n) is 11.5. The maximum absolute atomic E-state index is 12.1. The van der Waals surface area contributed by atoms with Gasteiger partial charge < -0.3 is 0 Å². The number of amides is 1. The summed E-state index contributed by atoms with van der Waals surface area (Å²) in [6.45, 7) is 2.60. The van der Waals surface area contributed by atoms with E-state index < -0.39 is 4.92 Å². The van der Waals surface area contributed by atoms with Crippen molar-refractivity contribution in [3.63, 3.8) is 0 Å². The zero-order valence-corrected chi connectivity index (χ0v) is 12.3. The van der Waals surface area contributed by atoms with E-state index in [1.807, 2.05) is 6.92 Å². The van der Waals surface area contributed by atoms with Crippen molar-refractivity contribution < 1.29 is 9.72 Å². The van der Waals surface area contributed by atoms with Gasteiger partial charge in [-0.15, -0.1) is 0 Å². The molecule has 112 valence electrons. The second-order valence-electron chi connectivity index (χ2n) is 4.44. The molecule has 0 radical (unpaired) electrons. The molecule has 1 N–H and O–H groups in total. The molecule has 0 saturated carbocycles. The van der Waals surface area contributed by atoms with Gasteiger partial charge in [0, 0.05) is 24.9 Å². The van der Waals surface area contributed by atoms with Crippen LogP contribution >= 0.6 is 11.3 Å². The minimum Gasteiger partial charge on any atom is -0.296 e. The van der Waals surface area contributed by atoms with Gasteiger partial charge in [-0.2, -0.15) is 5.10 Å². The molecule has 0 bridgehead atoms. The molecule has 2 aromatic heterocycles. The summed E-state index contributed by atoms with van der Waals surface area (Å²) in [5, 5.41) is 17.9. The van der Waals surface area contributed by atoms with Crippen LogP contribution in [0.3, 0.4) is 0 Å². The average Bonchev–Trinajstić information content (AvgIpc) is 3.12. The third-order valence-electron chi connectivity index (χ3n) is 3.00. The molecular formula is C13H11N5O3S. The Morgan fingerprint density at radius 1 is 1.45 bits per heavy atom. The van der Waals surface area contributed by atoms with Crippen molar-refractivity contribution >= 4 is 38.3 Å². The summed E-state index contributed by atoms with van der Waals surface area (Å²) < 4.78 is 2.29. The van der Waals surface area contributed by atoms with Crippen molar-refractivity contribution in [1.29, 1.82) is 0 Å². The van der Waals surface area contributed by atoms with Gasteiger partial charge in [-0.05, 0) is 19.1 Å². The Morgan fingerprint density at radius 2 is 2.27 bits per heavy atom. The standard InChI is InChI=1S/C13H11N5O3S/c1-2-17-6-5-10(16-17)12(19)15-13-14-9-4-3-8(18(20)21)7-11(9)22-13/h3-7H,2H2,1H3,(H,14,15,19). The van der Waals surface area contributed by atoms with Crippen molar-refractivity contribution in [3.8, 4) is 0 Å². The van der Waals surface area contributed by atoms with Gasteiger partial charge in [0.2, 0.25) is 0 Å². The van der Waals surface area contributed by atoms with E-state index in [0.29, 0.717) is 27.6 Å². The Kier molecular flexibility index (Phi) is 3.55.